The lowest BCUT2D eigenvalue weighted by molar-refractivity contribution is -0.120. The van der Waals surface area contributed by atoms with Crippen molar-refractivity contribution in [1.29, 1.82) is 0 Å². The highest BCUT2D eigenvalue weighted by atomic mass is 35.5. The summed E-state index contributed by atoms with van der Waals surface area (Å²) in [6.45, 7) is 0.532. The Morgan fingerprint density at radius 2 is 1.65 bits per heavy atom. The van der Waals surface area contributed by atoms with Gasteiger partial charge in [0, 0.05) is 35.4 Å². The molecule has 1 N–H and O–H groups in total. The molecule has 0 bridgehead atoms. The fourth-order valence-corrected chi connectivity index (χ4v) is 8.58. The molecule has 1 fully saturated rings. The number of nitrogens with one attached hydrogen (secondary N) is 1. The largest absolute Gasteiger partial charge is 0.495 e. The zero-order valence-corrected chi connectivity index (χ0v) is 24.7. The van der Waals surface area contributed by atoms with Gasteiger partial charge in [-0.05, 0) is 79.4 Å². The van der Waals surface area contributed by atoms with Crippen molar-refractivity contribution < 1.29 is 26.4 Å². The smallest absolute Gasteiger partial charge is 0.264 e. The molecule has 40 heavy (non-hydrogen) atoms. The molecule has 2 aliphatic heterocycles. The third-order valence-corrected chi connectivity index (χ3v) is 11.3. The van der Waals surface area contributed by atoms with Crippen LogP contribution in [-0.4, -0.2) is 53.8 Å². The van der Waals surface area contributed by atoms with Gasteiger partial charge in [-0.15, -0.1) is 0 Å². The molecular formula is C27H27Cl2N3O6S2. The highest BCUT2D eigenvalue weighted by Gasteiger charge is 2.36. The summed E-state index contributed by atoms with van der Waals surface area (Å²) in [6.07, 6.45) is 1.54. The number of ether oxygens (including phenoxy) is 1. The average Bonchev–Trinajstić information content (AvgIpc) is 3.37. The Hall–Kier alpha value is -2.83. The second-order valence-corrected chi connectivity index (χ2v) is 14.3. The van der Waals surface area contributed by atoms with Gasteiger partial charge in [0.05, 0.1) is 23.6 Å². The lowest BCUT2D eigenvalue weighted by Crippen LogP contribution is -2.43. The first-order valence-electron chi connectivity index (χ1n) is 12.6. The van der Waals surface area contributed by atoms with E-state index in [-0.39, 0.29) is 46.1 Å². The summed E-state index contributed by atoms with van der Waals surface area (Å²) >= 11 is 12.0. The van der Waals surface area contributed by atoms with Crippen molar-refractivity contribution in [3.8, 4) is 5.75 Å². The molecule has 1 saturated heterocycles. The Morgan fingerprint density at radius 3 is 2.38 bits per heavy atom. The predicted octanol–water partition coefficient (Wildman–Crippen LogP) is 4.79. The highest BCUT2D eigenvalue weighted by Crippen LogP contribution is 2.36. The van der Waals surface area contributed by atoms with E-state index < -0.39 is 26.0 Å². The molecule has 13 heteroatoms. The SMILES string of the molecule is COc1ccc(Cl)cc1S(=O)(=O)N1CCCC(C(=O)Nc2ccc3c(c2)N(S(=O)(=O)c2ccc(Cl)cc2)CC3)C1. The van der Waals surface area contributed by atoms with Gasteiger partial charge in [-0.1, -0.05) is 29.3 Å². The van der Waals surface area contributed by atoms with E-state index in [1.807, 2.05) is 0 Å². The van der Waals surface area contributed by atoms with Crippen LogP contribution in [0.3, 0.4) is 0 Å². The lowest BCUT2D eigenvalue weighted by Gasteiger charge is -2.31. The van der Waals surface area contributed by atoms with Crippen molar-refractivity contribution in [2.24, 2.45) is 5.92 Å². The zero-order valence-electron chi connectivity index (χ0n) is 21.5. The number of sulfonamides is 2. The summed E-state index contributed by atoms with van der Waals surface area (Å²) in [7, 11) is -6.41. The van der Waals surface area contributed by atoms with E-state index in [2.05, 4.69) is 5.32 Å². The van der Waals surface area contributed by atoms with Crippen LogP contribution in [0.2, 0.25) is 10.0 Å². The van der Waals surface area contributed by atoms with E-state index in [1.54, 1.807) is 24.3 Å². The van der Waals surface area contributed by atoms with Crippen LogP contribution in [0.25, 0.3) is 0 Å². The first kappa shape index (κ1) is 28.7. The van der Waals surface area contributed by atoms with Crippen molar-refractivity contribution >= 4 is 60.5 Å². The van der Waals surface area contributed by atoms with Gasteiger partial charge in [0.2, 0.25) is 15.9 Å². The number of hydrogen-bond acceptors (Lipinski definition) is 6. The summed E-state index contributed by atoms with van der Waals surface area (Å²) in [5.41, 5.74) is 1.77. The minimum atomic E-state index is -3.97. The minimum Gasteiger partial charge on any atom is -0.495 e. The Labute approximate surface area is 243 Å². The summed E-state index contributed by atoms with van der Waals surface area (Å²) in [4.78, 5) is 13.3. The van der Waals surface area contributed by atoms with E-state index in [4.69, 9.17) is 27.9 Å². The number of rotatable bonds is 7. The second kappa shape index (κ2) is 11.2. The number of anilines is 2. The number of hydrogen-bond donors (Lipinski definition) is 1. The van der Waals surface area contributed by atoms with Crippen LogP contribution in [0, 0.1) is 5.92 Å². The lowest BCUT2D eigenvalue weighted by atomic mass is 9.98. The van der Waals surface area contributed by atoms with Crippen molar-refractivity contribution in [1.82, 2.24) is 4.31 Å². The van der Waals surface area contributed by atoms with Crippen LogP contribution < -0.4 is 14.4 Å². The molecule has 2 aliphatic rings. The Balaban J connectivity index is 1.33. The van der Waals surface area contributed by atoms with E-state index in [1.165, 1.54) is 52.1 Å². The van der Waals surface area contributed by atoms with Gasteiger partial charge in [0.15, 0.2) is 0 Å². The van der Waals surface area contributed by atoms with Crippen molar-refractivity contribution in [2.75, 3.05) is 36.4 Å². The van der Waals surface area contributed by atoms with Crippen molar-refractivity contribution in [2.45, 2.75) is 29.1 Å². The number of amides is 1. The molecule has 2 heterocycles. The third kappa shape index (κ3) is 5.53. The molecule has 0 aromatic heterocycles. The minimum absolute atomic E-state index is 0.00809. The Bertz CT molecular complexity index is 1660. The summed E-state index contributed by atoms with van der Waals surface area (Å²) in [5.74, 6) is -0.772. The van der Waals surface area contributed by atoms with Gasteiger partial charge < -0.3 is 10.1 Å². The molecule has 0 saturated carbocycles. The number of benzene rings is 3. The summed E-state index contributed by atoms with van der Waals surface area (Å²) in [5, 5.41) is 3.55. The first-order chi connectivity index (χ1) is 19.0. The molecule has 1 atom stereocenters. The maximum absolute atomic E-state index is 13.4. The van der Waals surface area contributed by atoms with Crippen LogP contribution in [0.5, 0.6) is 5.75 Å². The van der Waals surface area contributed by atoms with Crippen LogP contribution in [-0.2, 0) is 31.3 Å². The van der Waals surface area contributed by atoms with Gasteiger partial charge in [0.1, 0.15) is 10.6 Å². The molecule has 3 aromatic rings. The quantitative estimate of drug-likeness (QED) is 0.405. The monoisotopic (exact) mass is 623 g/mol. The van der Waals surface area contributed by atoms with Gasteiger partial charge in [-0.25, -0.2) is 16.8 Å². The molecule has 1 amide bonds. The van der Waals surface area contributed by atoms with Crippen LogP contribution in [0.4, 0.5) is 11.4 Å². The molecule has 0 radical (unpaired) electrons. The Morgan fingerprint density at radius 1 is 0.925 bits per heavy atom. The fraction of sp³-hybridized carbons (Fsp3) is 0.296. The topological polar surface area (TPSA) is 113 Å². The number of nitrogens with zero attached hydrogens (tertiary/aromatic N) is 2. The molecule has 5 rings (SSSR count). The van der Waals surface area contributed by atoms with Crippen molar-refractivity contribution in [3.05, 3.63) is 76.3 Å². The molecule has 212 valence electrons. The van der Waals surface area contributed by atoms with E-state index in [9.17, 15) is 21.6 Å². The molecule has 1 unspecified atom stereocenters. The zero-order chi connectivity index (χ0) is 28.7. The van der Waals surface area contributed by atoms with E-state index in [0.29, 0.717) is 35.7 Å². The predicted molar refractivity (Wildman–Crippen MR) is 154 cm³/mol. The van der Waals surface area contributed by atoms with Gasteiger partial charge in [-0.3, -0.25) is 9.10 Å². The number of carbonyl (C=O) groups is 1. The van der Waals surface area contributed by atoms with Gasteiger partial charge in [-0.2, -0.15) is 4.31 Å². The summed E-state index contributed by atoms with van der Waals surface area (Å²) in [6, 6.07) is 15.5. The molecule has 3 aromatic carbocycles. The van der Waals surface area contributed by atoms with Gasteiger partial charge in [0.25, 0.3) is 10.0 Å². The van der Waals surface area contributed by atoms with Crippen LogP contribution >= 0.6 is 23.2 Å². The van der Waals surface area contributed by atoms with E-state index in [0.717, 1.165) is 5.56 Å². The molecular weight excluding hydrogens is 597 g/mol. The fourth-order valence-electron chi connectivity index (χ4n) is 5.02. The standard InChI is InChI=1S/C27H27Cl2N3O6S2/c1-38-25-11-7-21(29)15-26(25)40(36,37)31-13-2-3-19(17-31)27(33)30-22-8-4-18-12-14-32(24(18)16-22)39(34,35)23-9-5-20(28)6-10-23/h4-11,15-16,19H,2-3,12-14,17H2,1H3,(H,30,33). The van der Waals surface area contributed by atoms with Crippen LogP contribution in [0.1, 0.15) is 18.4 Å². The average molecular weight is 625 g/mol. The maximum Gasteiger partial charge on any atom is 0.264 e. The maximum atomic E-state index is 13.4. The third-order valence-electron chi connectivity index (χ3n) is 7.11. The Kier molecular flexibility index (Phi) is 8.04. The van der Waals surface area contributed by atoms with Gasteiger partial charge >= 0.3 is 0 Å². The normalized spacial score (nSPS) is 17.9. The number of carbonyl (C=O) groups excluding carboxylic acids is 1. The number of methoxy groups -OCH3 is 1. The number of piperidine rings is 1. The highest BCUT2D eigenvalue weighted by molar-refractivity contribution is 7.92. The first-order valence-corrected chi connectivity index (χ1v) is 16.2. The van der Waals surface area contributed by atoms with Crippen molar-refractivity contribution in [3.63, 3.8) is 0 Å². The van der Waals surface area contributed by atoms with E-state index >= 15 is 0 Å². The molecule has 0 aliphatic carbocycles. The molecule has 9 nitrogen and oxygen atoms in total. The molecule has 0 spiro atoms. The van der Waals surface area contributed by atoms with Crippen LogP contribution in [0.15, 0.2) is 70.5 Å². The second-order valence-electron chi connectivity index (χ2n) is 9.61. The number of fused-ring (bicyclic) bond motifs is 1. The number of halogens is 2. The summed E-state index contributed by atoms with van der Waals surface area (Å²) < 4.78 is 61.3.